The molecule has 102 valence electrons. The first kappa shape index (κ1) is 15.1. The molecule has 1 rings (SSSR count). The van der Waals surface area contributed by atoms with Crippen molar-refractivity contribution in [3.05, 3.63) is 29.8 Å². The van der Waals surface area contributed by atoms with Crippen molar-refractivity contribution in [3.63, 3.8) is 0 Å². The lowest BCUT2D eigenvalue weighted by molar-refractivity contribution is -0.137. The molecule has 0 saturated carbocycles. The number of hydrogen-bond acceptors (Lipinski definition) is 3. The summed E-state index contributed by atoms with van der Waals surface area (Å²) in [6.45, 7) is -1.45. The van der Waals surface area contributed by atoms with E-state index in [1.54, 1.807) is 0 Å². The van der Waals surface area contributed by atoms with Crippen LogP contribution in [0.1, 0.15) is 0 Å². The van der Waals surface area contributed by atoms with Crippen molar-refractivity contribution in [1.82, 2.24) is 4.31 Å². The van der Waals surface area contributed by atoms with Crippen LogP contribution >= 0.6 is 0 Å². The van der Waals surface area contributed by atoms with Crippen molar-refractivity contribution in [2.24, 2.45) is 0 Å². The number of hydrogen-bond donors (Lipinski definition) is 1. The molecule has 19 heavy (non-hydrogen) atoms. The van der Waals surface area contributed by atoms with Crippen LogP contribution in [0, 0.1) is 24.0 Å². The van der Waals surface area contributed by atoms with Gasteiger partial charge in [-0.05, 0) is 12.1 Å². The highest BCUT2D eigenvalue weighted by Gasteiger charge is 2.28. The van der Waals surface area contributed by atoms with Crippen LogP contribution in [-0.4, -0.2) is 36.9 Å². The van der Waals surface area contributed by atoms with Gasteiger partial charge in [-0.15, -0.1) is 6.42 Å². The predicted octanol–water partition coefficient (Wildman–Crippen LogP) is 0.673. The number of terminal acetylenes is 1. The zero-order valence-corrected chi connectivity index (χ0v) is 10.3. The van der Waals surface area contributed by atoms with Gasteiger partial charge in [0, 0.05) is 6.07 Å². The smallest absolute Gasteiger partial charge is 0.318 e. The molecule has 8 heteroatoms. The Kier molecular flexibility index (Phi) is 4.58. The van der Waals surface area contributed by atoms with Gasteiger partial charge in [-0.25, -0.2) is 17.2 Å². The molecule has 0 aliphatic heterocycles. The highest BCUT2D eigenvalue weighted by Crippen LogP contribution is 2.19. The normalized spacial score (nSPS) is 11.3. The number of carbonyl (C=O) groups is 1. The van der Waals surface area contributed by atoms with E-state index < -0.39 is 45.6 Å². The molecule has 0 spiro atoms. The zero-order chi connectivity index (χ0) is 14.6. The van der Waals surface area contributed by atoms with Crippen molar-refractivity contribution in [2.45, 2.75) is 4.90 Å². The molecule has 0 bridgehead atoms. The Balaban J connectivity index is 3.27. The molecule has 5 nitrogen and oxygen atoms in total. The molecule has 0 aliphatic rings. The number of sulfonamides is 1. The molecule has 0 aromatic heterocycles. The van der Waals surface area contributed by atoms with Crippen molar-refractivity contribution >= 4 is 16.0 Å². The molecule has 0 amide bonds. The number of benzene rings is 1. The molecule has 1 N–H and O–H groups in total. The third kappa shape index (κ3) is 3.49. The maximum Gasteiger partial charge on any atom is 0.318 e. The van der Waals surface area contributed by atoms with Crippen LogP contribution in [0.5, 0.6) is 0 Å². The fourth-order valence-corrected chi connectivity index (χ4v) is 2.65. The number of rotatable bonds is 5. The van der Waals surface area contributed by atoms with Crippen LogP contribution in [0.15, 0.2) is 23.1 Å². The summed E-state index contributed by atoms with van der Waals surface area (Å²) in [5, 5.41) is 8.61. The first-order valence-electron chi connectivity index (χ1n) is 4.89. The summed E-state index contributed by atoms with van der Waals surface area (Å²) < 4.78 is 50.6. The molecular weight excluding hydrogens is 280 g/mol. The molecule has 0 saturated heterocycles. The largest absolute Gasteiger partial charge is 0.480 e. The van der Waals surface area contributed by atoms with Gasteiger partial charge in [0.15, 0.2) is 0 Å². The lowest BCUT2D eigenvalue weighted by atomic mass is 10.3. The summed E-state index contributed by atoms with van der Waals surface area (Å²) in [5.41, 5.74) is 0. The van der Waals surface area contributed by atoms with Crippen molar-refractivity contribution in [2.75, 3.05) is 13.1 Å². The van der Waals surface area contributed by atoms with Crippen molar-refractivity contribution in [3.8, 4) is 12.3 Å². The van der Waals surface area contributed by atoms with Gasteiger partial charge in [-0.3, -0.25) is 4.79 Å². The van der Waals surface area contributed by atoms with Crippen LogP contribution in [0.25, 0.3) is 0 Å². The van der Waals surface area contributed by atoms with E-state index in [2.05, 4.69) is 0 Å². The van der Waals surface area contributed by atoms with E-state index in [1.807, 2.05) is 5.92 Å². The summed E-state index contributed by atoms with van der Waals surface area (Å²) in [6, 6.07) is 1.86. The SMILES string of the molecule is C#CCN(CC(=O)O)S(=O)(=O)c1ccc(F)cc1F. The third-order valence-corrected chi connectivity index (χ3v) is 3.92. The second-order valence-electron chi connectivity index (χ2n) is 3.45. The molecular formula is C11H9F2NO4S. The second-order valence-corrected chi connectivity index (χ2v) is 5.35. The Hall–Kier alpha value is -1.98. The van der Waals surface area contributed by atoms with E-state index in [1.165, 1.54) is 0 Å². The van der Waals surface area contributed by atoms with Crippen molar-refractivity contribution < 1.29 is 27.1 Å². The fraction of sp³-hybridized carbons (Fsp3) is 0.182. The third-order valence-electron chi connectivity index (χ3n) is 2.09. The van der Waals surface area contributed by atoms with Crippen LogP contribution in [0.2, 0.25) is 0 Å². The maximum atomic E-state index is 13.4. The molecule has 0 unspecified atom stereocenters. The number of carboxylic acid groups (broad SMARTS) is 1. The molecule has 0 heterocycles. The van der Waals surface area contributed by atoms with Crippen LogP contribution in [0.3, 0.4) is 0 Å². The summed E-state index contributed by atoms with van der Waals surface area (Å²) in [5.74, 6) is -1.74. The number of aliphatic carboxylic acids is 1. The first-order valence-corrected chi connectivity index (χ1v) is 6.33. The highest BCUT2D eigenvalue weighted by atomic mass is 32.2. The topological polar surface area (TPSA) is 74.7 Å². The van der Waals surface area contributed by atoms with E-state index in [4.69, 9.17) is 11.5 Å². The lowest BCUT2D eigenvalue weighted by Gasteiger charge is -2.18. The predicted molar refractivity (Wildman–Crippen MR) is 61.6 cm³/mol. The Bertz CT molecular complexity index is 637. The number of halogens is 2. The molecule has 1 aromatic rings. The van der Waals surface area contributed by atoms with E-state index in [-0.39, 0.29) is 0 Å². The van der Waals surface area contributed by atoms with Gasteiger partial charge < -0.3 is 5.11 Å². The van der Waals surface area contributed by atoms with Gasteiger partial charge in [0.25, 0.3) is 0 Å². The first-order chi connectivity index (χ1) is 8.78. The second kappa shape index (κ2) is 5.77. The average molecular weight is 289 g/mol. The van der Waals surface area contributed by atoms with Gasteiger partial charge >= 0.3 is 5.97 Å². The highest BCUT2D eigenvalue weighted by molar-refractivity contribution is 7.89. The minimum Gasteiger partial charge on any atom is -0.480 e. The van der Waals surface area contributed by atoms with Crippen LogP contribution < -0.4 is 0 Å². The summed E-state index contributed by atoms with van der Waals surface area (Å²) in [6.07, 6.45) is 4.94. The summed E-state index contributed by atoms with van der Waals surface area (Å²) >= 11 is 0. The lowest BCUT2D eigenvalue weighted by Crippen LogP contribution is -2.36. The zero-order valence-electron chi connectivity index (χ0n) is 9.51. The standard InChI is InChI=1S/C11H9F2NO4S/c1-2-5-14(7-11(15)16)19(17,18)10-4-3-8(12)6-9(10)13/h1,3-4,6H,5,7H2,(H,15,16). The van der Waals surface area contributed by atoms with Crippen LogP contribution in [-0.2, 0) is 14.8 Å². The van der Waals surface area contributed by atoms with Crippen molar-refractivity contribution in [1.29, 1.82) is 0 Å². The van der Waals surface area contributed by atoms with E-state index in [0.29, 0.717) is 16.4 Å². The molecule has 0 fully saturated rings. The molecule has 0 atom stereocenters. The van der Waals surface area contributed by atoms with E-state index in [9.17, 15) is 22.0 Å². The Morgan fingerprint density at radius 3 is 2.53 bits per heavy atom. The van der Waals surface area contributed by atoms with Gasteiger partial charge in [0.05, 0.1) is 6.54 Å². The molecule has 0 aliphatic carbocycles. The minimum atomic E-state index is -4.44. The number of nitrogens with zero attached hydrogens (tertiary/aromatic N) is 1. The summed E-state index contributed by atoms with van der Waals surface area (Å²) in [7, 11) is -4.44. The fourth-order valence-electron chi connectivity index (χ4n) is 1.30. The Morgan fingerprint density at radius 1 is 1.42 bits per heavy atom. The average Bonchev–Trinajstić information content (AvgIpc) is 2.27. The Labute approximate surface area is 108 Å². The van der Waals surface area contributed by atoms with Gasteiger partial charge in [-0.1, -0.05) is 5.92 Å². The summed E-state index contributed by atoms with van der Waals surface area (Å²) in [4.78, 5) is 9.74. The number of carboxylic acids is 1. The molecule has 1 aromatic carbocycles. The van der Waals surface area contributed by atoms with Crippen LogP contribution in [0.4, 0.5) is 8.78 Å². The quantitative estimate of drug-likeness (QED) is 0.809. The van der Waals surface area contributed by atoms with Gasteiger partial charge in [0.1, 0.15) is 23.1 Å². The van der Waals surface area contributed by atoms with Gasteiger partial charge in [0.2, 0.25) is 10.0 Å². The molecule has 0 radical (unpaired) electrons. The minimum absolute atomic E-state index is 0.391. The Morgan fingerprint density at radius 2 is 2.05 bits per heavy atom. The monoisotopic (exact) mass is 289 g/mol. The van der Waals surface area contributed by atoms with Gasteiger partial charge in [-0.2, -0.15) is 4.31 Å². The van der Waals surface area contributed by atoms with E-state index in [0.717, 1.165) is 6.07 Å². The maximum absolute atomic E-state index is 13.4. The van der Waals surface area contributed by atoms with E-state index >= 15 is 0 Å².